The maximum absolute atomic E-state index is 11.5. The van der Waals surface area contributed by atoms with Gasteiger partial charge in [-0.1, -0.05) is 28.1 Å². The minimum absolute atomic E-state index is 0.0402. The topological polar surface area (TPSA) is 34.1 Å². The van der Waals surface area contributed by atoms with Crippen LogP contribution < -0.4 is 0 Å². The van der Waals surface area contributed by atoms with E-state index >= 15 is 0 Å². The minimum atomic E-state index is -0.984. The number of Topliss-reactive ketones (excluding diaryl/α,β-unsaturated/α-hetero) is 1. The van der Waals surface area contributed by atoms with Crippen molar-refractivity contribution in [2.45, 2.75) is 16.6 Å². The molecule has 0 saturated heterocycles. The summed E-state index contributed by atoms with van der Waals surface area (Å²) in [5, 5.41) is 0. The molecule has 0 radical (unpaired) electrons. The molecule has 0 N–H and O–H groups in total. The number of hydrogen-bond donors (Lipinski definition) is 0. The predicted molar refractivity (Wildman–Crippen MR) is 61.5 cm³/mol. The number of alkyl halides is 1. The van der Waals surface area contributed by atoms with Crippen molar-refractivity contribution in [3.05, 3.63) is 29.8 Å². The van der Waals surface area contributed by atoms with E-state index in [1.165, 1.54) is 0 Å². The van der Waals surface area contributed by atoms with Crippen LogP contribution in [-0.4, -0.2) is 21.1 Å². The maximum atomic E-state index is 11.5. The van der Waals surface area contributed by atoms with Gasteiger partial charge in [0.2, 0.25) is 0 Å². The Morgan fingerprint density at radius 2 is 1.86 bits per heavy atom. The molecule has 0 aliphatic rings. The number of hydrogen-bond acceptors (Lipinski definition) is 2. The normalized spacial score (nSPS) is 14.8. The van der Waals surface area contributed by atoms with E-state index in [2.05, 4.69) is 15.9 Å². The molecule has 0 saturated carbocycles. The molecule has 0 aromatic heterocycles. The number of rotatable bonds is 3. The largest absolute Gasteiger partial charge is 0.293 e. The van der Waals surface area contributed by atoms with E-state index in [9.17, 15) is 9.00 Å². The fourth-order valence-corrected chi connectivity index (χ4v) is 1.82. The molecule has 1 aromatic rings. The van der Waals surface area contributed by atoms with Gasteiger partial charge in [-0.3, -0.25) is 9.00 Å². The van der Waals surface area contributed by atoms with Crippen LogP contribution in [0.2, 0.25) is 0 Å². The molecule has 76 valence electrons. The highest BCUT2D eigenvalue weighted by Gasteiger charge is 2.11. The van der Waals surface area contributed by atoms with Gasteiger partial charge in [0.15, 0.2) is 5.78 Å². The van der Waals surface area contributed by atoms with Crippen LogP contribution in [0.5, 0.6) is 0 Å². The zero-order chi connectivity index (χ0) is 10.7. The third-order valence-corrected chi connectivity index (χ3v) is 3.18. The van der Waals surface area contributed by atoms with Gasteiger partial charge in [0.1, 0.15) is 0 Å². The average molecular weight is 275 g/mol. The summed E-state index contributed by atoms with van der Waals surface area (Å²) in [6.07, 6.45) is 1.62. The molecular formula is C10H11BrO2S. The predicted octanol–water partition coefficient (Wildman–Crippen LogP) is 2.39. The van der Waals surface area contributed by atoms with Crippen molar-refractivity contribution < 1.29 is 9.00 Å². The van der Waals surface area contributed by atoms with Crippen LogP contribution in [0.4, 0.5) is 0 Å². The highest BCUT2D eigenvalue weighted by molar-refractivity contribution is 9.10. The first-order valence-corrected chi connectivity index (χ1v) is 6.61. The molecule has 0 aliphatic heterocycles. The van der Waals surface area contributed by atoms with Crippen LogP contribution >= 0.6 is 15.9 Å². The summed E-state index contributed by atoms with van der Waals surface area (Å²) in [6.45, 7) is 1.79. The summed E-state index contributed by atoms with van der Waals surface area (Å²) < 4.78 is 11.1. The molecule has 2 atom stereocenters. The lowest BCUT2D eigenvalue weighted by atomic mass is 10.1. The molecule has 0 bridgehead atoms. The van der Waals surface area contributed by atoms with Crippen molar-refractivity contribution in [2.24, 2.45) is 0 Å². The lowest BCUT2D eigenvalue weighted by molar-refractivity contribution is 0.0996. The van der Waals surface area contributed by atoms with Crippen molar-refractivity contribution in [1.29, 1.82) is 0 Å². The summed E-state index contributed by atoms with van der Waals surface area (Å²) in [5.41, 5.74) is 0.642. The van der Waals surface area contributed by atoms with Gasteiger partial charge < -0.3 is 0 Å². The maximum Gasteiger partial charge on any atom is 0.176 e. The SMILES string of the molecule is CC(Br)C(=O)c1ccc(S(C)=O)cc1. The van der Waals surface area contributed by atoms with Gasteiger partial charge in [0, 0.05) is 27.5 Å². The summed E-state index contributed by atoms with van der Waals surface area (Å²) in [7, 11) is -0.984. The van der Waals surface area contributed by atoms with Crippen LogP contribution in [0.25, 0.3) is 0 Å². The Balaban J connectivity index is 2.94. The number of ketones is 1. The zero-order valence-electron chi connectivity index (χ0n) is 7.99. The van der Waals surface area contributed by atoms with Gasteiger partial charge >= 0.3 is 0 Å². The second-order valence-corrected chi connectivity index (χ2v) is 5.71. The molecule has 2 unspecified atom stereocenters. The van der Waals surface area contributed by atoms with Crippen LogP contribution in [0.3, 0.4) is 0 Å². The van der Waals surface area contributed by atoms with Gasteiger partial charge in [0.25, 0.3) is 0 Å². The standard InChI is InChI=1S/C10H11BrO2S/c1-7(11)10(12)8-3-5-9(6-4-8)14(2)13/h3-7H,1-2H3. The van der Waals surface area contributed by atoms with E-state index in [1.54, 1.807) is 37.4 Å². The van der Waals surface area contributed by atoms with E-state index in [0.717, 1.165) is 4.90 Å². The van der Waals surface area contributed by atoms with Crippen LogP contribution in [0, 0.1) is 0 Å². The quantitative estimate of drug-likeness (QED) is 0.627. The molecule has 0 fully saturated rings. The Morgan fingerprint density at radius 3 is 2.21 bits per heavy atom. The Bertz CT molecular complexity index is 357. The molecule has 4 heteroatoms. The fraction of sp³-hybridized carbons (Fsp3) is 0.300. The highest BCUT2D eigenvalue weighted by atomic mass is 79.9. The Kier molecular flexibility index (Phi) is 4.01. The van der Waals surface area contributed by atoms with Crippen LogP contribution in [-0.2, 0) is 10.8 Å². The third-order valence-electron chi connectivity index (χ3n) is 1.83. The zero-order valence-corrected chi connectivity index (χ0v) is 10.4. The van der Waals surface area contributed by atoms with Gasteiger partial charge in [-0.25, -0.2) is 0 Å². The smallest absolute Gasteiger partial charge is 0.176 e. The molecule has 1 aromatic carbocycles. The first kappa shape index (κ1) is 11.6. The number of benzene rings is 1. The first-order valence-electron chi connectivity index (χ1n) is 4.14. The van der Waals surface area contributed by atoms with Gasteiger partial charge in [-0.05, 0) is 19.1 Å². The van der Waals surface area contributed by atoms with Crippen LogP contribution in [0.15, 0.2) is 29.2 Å². The summed E-state index contributed by atoms with van der Waals surface area (Å²) in [5.74, 6) is 0.0402. The van der Waals surface area contributed by atoms with Crippen molar-refractivity contribution in [1.82, 2.24) is 0 Å². The van der Waals surface area contributed by atoms with E-state index in [4.69, 9.17) is 0 Å². The van der Waals surface area contributed by atoms with Crippen molar-refractivity contribution in [3.8, 4) is 0 Å². The molecule has 14 heavy (non-hydrogen) atoms. The van der Waals surface area contributed by atoms with Crippen LogP contribution in [0.1, 0.15) is 17.3 Å². The number of halogens is 1. The van der Waals surface area contributed by atoms with Gasteiger partial charge in [0.05, 0.1) is 4.83 Å². The summed E-state index contributed by atoms with van der Waals surface area (Å²) in [4.78, 5) is 12.1. The molecule has 2 nitrogen and oxygen atoms in total. The monoisotopic (exact) mass is 274 g/mol. The lowest BCUT2D eigenvalue weighted by Crippen LogP contribution is -2.09. The van der Waals surface area contributed by atoms with Crippen molar-refractivity contribution in [3.63, 3.8) is 0 Å². The van der Waals surface area contributed by atoms with Gasteiger partial charge in [-0.2, -0.15) is 0 Å². The summed E-state index contributed by atoms with van der Waals surface area (Å²) >= 11 is 3.21. The third kappa shape index (κ3) is 2.75. The second kappa shape index (κ2) is 4.84. The van der Waals surface area contributed by atoms with E-state index in [1.807, 2.05) is 0 Å². The van der Waals surface area contributed by atoms with Crippen molar-refractivity contribution >= 4 is 32.5 Å². The molecule has 0 heterocycles. The molecule has 0 amide bonds. The number of carbonyl (C=O) groups is 1. The first-order chi connectivity index (χ1) is 6.52. The minimum Gasteiger partial charge on any atom is -0.293 e. The Hall–Kier alpha value is -0.480. The van der Waals surface area contributed by atoms with Gasteiger partial charge in [-0.15, -0.1) is 0 Å². The summed E-state index contributed by atoms with van der Waals surface area (Å²) in [6, 6.07) is 6.85. The Morgan fingerprint density at radius 1 is 1.36 bits per heavy atom. The Labute approximate surface area is 94.3 Å². The van der Waals surface area contributed by atoms with E-state index in [-0.39, 0.29) is 10.6 Å². The van der Waals surface area contributed by atoms with E-state index < -0.39 is 10.8 Å². The van der Waals surface area contributed by atoms with Crippen molar-refractivity contribution in [2.75, 3.05) is 6.26 Å². The molecule has 0 aliphatic carbocycles. The lowest BCUT2D eigenvalue weighted by Gasteiger charge is -2.03. The number of carbonyl (C=O) groups excluding carboxylic acids is 1. The molecule has 0 spiro atoms. The molecular weight excluding hydrogens is 264 g/mol. The van der Waals surface area contributed by atoms with E-state index in [0.29, 0.717) is 5.56 Å². The average Bonchev–Trinajstić information content (AvgIpc) is 2.16. The fourth-order valence-electron chi connectivity index (χ4n) is 1.04. The second-order valence-electron chi connectivity index (χ2n) is 2.96. The highest BCUT2D eigenvalue weighted by Crippen LogP contribution is 2.12. The molecule has 1 rings (SSSR count).